The van der Waals surface area contributed by atoms with Gasteiger partial charge in [0.15, 0.2) is 0 Å². The minimum Gasteiger partial charge on any atom is -0.497 e. The van der Waals surface area contributed by atoms with Gasteiger partial charge in [-0.25, -0.2) is 4.79 Å². The standard InChI is InChI=1S/C21H21N3O3/c1-21(12-11-15-7-9-18(27-2)10-8-15)19(25)24(20(26)23-21)14-17-6-4-3-5-16(17)13-22/h3-10H,11-12,14H2,1-2H3,(H,23,26)/t21-/m1/s1. The summed E-state index contributed by atoms with van der Waals surface area (Å²) in [7, 11) is 1.61. The van der Waals surface area contributed by atoms with Crippen molar-refractivity contribution in [3.63, 3.8) is 0 Å². The van der Waals surface area contributed by atoms with Crippen LogP contribution < -0.4 is 10.1 Å². The number of hydrogen-bond donors (Lipinski definition) is 1. The smallest absolute Gasteiger partial charge is 0.325 e. The molecule has 1 heterocycles. The van der Waals surface area contributed by atoms with Crippen molar-refractivity contribution >= 4 is 11.9 Å². The number of urea groups is 1. The van der Waals surface area contributed by atoms with E-state index in [9.17, 15) is 14.9 Å². The summed E-state index contributed by atoms with van der Waals surface area (Å²) < 4.78 is 5.15. The first-order chi connectivity index (χ1) is 13.0. The fourth-order valence-corrected chi connectivity index (χ4v) is 3.18. The van der Waals surface area contributed by atoms with Crippen LogP contribution >= 0.6 is 0 Å². The van der Waals surface area contributed by atoms with Crippen molar-refractivity contribution in [1.29, 1.82) is 5.26 Å². The van der Waals surface area contributed by atoms with Gasteiger partial charge in [-0.05, 0) is 49.1 Å². The molecule has 0 spiro atoms. The summed E-state index contributed by atoms with van der Waals surface area (Å²) in [6.07, 6.45) is 1.13. The molecule has 1 fully saturated rings. The minimum absolute atomic E-state index is 0.0898. The van der Waals surface area contributed by atoms with Gasteiger partial charge in [0.25, 0.3) is 5.91 Å². The van der Waals surface area contributed by atoms with Crippen LogP contribution in [0.1, 0.15) is 30.0 Å². The Balaban J connectivity index is 1.71. The Labute approximate surface area is 158 Å². The third-order valence-corrected chi connectivity index (χ3v) is 4.88. The van der Waals surface area contributed by atoms with Crippen LogP contribution in [0.3, 0.4) is 0 Å². The quantitative estimate of drug-likeness (QED) is 0.800. The topological polar surface area (TPSA) is 82.4 Å². The van der Waals surface area contributed by atoms with E-state index in [1.54, 1.807) is 38.3 Å². The summed E-state index contributed by atoms with van der Waals surface area (Å²) in [5.74, 6) is 0.506. The number of benzene rings is 2. The molecule has 0 saturated carbocycles. The maximum Gasteiger partial charge on any atom is 0.325 e. The summed E-state index contributed by atoms with van der Waals surface area (Å²) in [5.41, 5.74) is 1.22. The van der Waals surface area contributed by atoms with Crippen molar-refractivity contribution in [3.05, 3.63) is 65.2 Å². The number of rotatable bonds is 6. The molecule has 1 N–H and O–H groups in total. The molecule has 27 heavy (non-hydrogen) atoms. The molecule has 3 rings (SSSR count). The minimum atomic E-state index is -0.960. The van der Waals surface area contributed by atoms with E-state index in [0.717, 1.165) is 11.3 Å². The SMILES string of the molecule is COc1ccc(CC[C@@]2(C)NC(=O)N(Cc3ccccc3C#N)C2=O)cc1. The number of ether oxygens (including phenoxy) is 1. The average molecular weight is 363 g/mol. The summed E-state index contributed by atoms with van der Waals surface area (Å²) in [5, 5.41) is 12.0. The number of aryl methyl sites for hydroxylation is 1. The zero-order valence-corrected chi connectivity index (χ0v) is 15.4. The zero-order chi connectivity index (χ0) is 19.4. The Kier molecular flexibility index (Phi) is 5.13. The largest absolute Gasteiger partial charge is 0.497 e. The van der Waals surface area contributed by atoms with Crippen LogP contribution in [0, 0.1) is 11.3 Å². The second kappa shape index (κ2) is 7.50. The highest BCUT2D eigenvalue weighted by molar-refractivity contribution is 6.06. The Morgan fingerprint density at radius 1 is 1.15 bits per heavy atom. The normalized spacial score (nSPS) is 18.9. The molecule has 1 aliphatic heterocycles. The Hall–Kier alpha value is -3.33. The number of nitrogens with zero attached hydrogens (tertiary/aromatic N) is 2. The number of amides is 3. The molecule has 2 aromatic carbocycles. The number of hydrogen-bond acceptors (Lipinski definition) is 4. The predicted molar refractivity (Wildman–Crippen MR) is 100.0 cm³/mol. The predicted octanol–water partition coefficient (Wildman–Crippen LogP) is 3.01. The van der Waals surface area contributed by atoms with Gasteiger partial charge in [0.2, 0.25) is 0 Å². The molecule has 138 valence electrons. The van der Waals surface area contributed by atoms with Crippen LogP contribution in [-0.4, -0.2) is 29.5 Å². The molecule has 0 aromatic heterocycles. The Morgan fingerprint density at radius 2 is 1.85 bits per heavy atom. The Morgan fingerprint density at radius 3 is 2.52 bits per heavy atom. The van der Waals surface area contributed by atoms with Gasteiger partial charge in [0.1, 0.15) is 11.3 Å². The molecule has 6 nitrogen and oxygen atoms in total. The maximum absolute atomic E-state index is 12.9. The van der Waals surface area contributed by atoms with Gasteiger partial charge in [-0.3, -0.25) is 9.69 Å². The molecule has 1 saturated heterocycles. The molecule has 2 aromatic rings. The summed E-state index contributed by atoms with van der Waals surface area (Å²) in [6, 6.07) is 16.3. The third kappa shape index (κ3) is 3.77. The fourth-order valence-electron chi connectivity index (χ4n) is 3.18. The number of carbonyl (C=O) groups excluding carboxylic acids is 2. The lowest BCUT2D eigenvalue weighted by atomic mass is 9.93. The first kappa shape index (κ1) is 18.5. The highest BCUT2D eigenvalue weighted by Crippen LogP contribution is 2.26. The molecule has 1 atom stereocenters. The van der Waals surface area contributed by atoms with Crippen molar-refractivity contribution in [1.82, 2.24) is 10.2 Å². The molecular formula is C21H21N3O3. The molecule has 0 bridgehead atoms. The van der Waals surface area contributed by atoms with E-state index in [1.165, 1.54) is 4.90 Å². The number of nitriles is 1. The highest BCUT2D eigenvalue weighted by atomic mass is 16.5. The van der Waals surface area contributed by atoms with Crippen LogP contribution in [-0.2, 0) is 17.8 Å². The van der Waals surface area contributed by atoms with Gasteiger partial charge in [-0.15, -0.1) is 0 Å². The van der Waals surface area contributed by atoms with Crippen molar-refractivity contribution in [2.24, 2.45) is 0 Å². The van der Waals surface area contributed by atoms with Gasteiger partial charge < -0.3 is 10.1 Å². The second-order valence-corrected chi connectivity index (χ2v) is 6.77. The lowest BCUT2D eigenvalue weighted by molar-refractivity contribution is -0.131. The van der Waals surface area contributed by atoms with Crippen molar-refractivity contribution in [2.75, 3.05) is 7.11 Å². The maximum atomic E-state index is 12.9. The summed E-state index contributed by atoms with van der Waals surface area (Å²) in [4.78, 5) is 26.5. The first-order valence-corrected chi connectivity index (χ1v) is 8.72. The van der Waals surface area contributed by atoms with Crippen molar-refractivity contribution < 1.29 is 14.3 Å². The zero-order valence-electron chi connectivity index (χ0n) is 15.4. The van der Waals surface area contributed by atoms with E-state index >= 15 is 0 Å². The lowest BCUT2D eigenvalue weighted by Gasteiger charge is -2.22. The second-order valence-electron chi connectivity index (χ2n) is 6.77. The number of imide groups is 1. The van der Waals surface area contributed by atoms with Gasteiger partial charge in [0.05, 0.1) is 25.3 Å². The third-order valence-electron chi connectivity index (χ3n) is 4.88. The fraction of sp³-hybridized carbons (Fsp3) is 0.286. The van der Waals surface area contributed by atoms with Gasteiger partial charge in [-0.1, -0.05) is 30.3 Å². The molecular weight excluding hydrogens is 342 g/mol. The van der Waals surface area contributed by atoms with Crippen molar-refractivity contribution in [3.8, 4) is 11.8 Å². The molecule has 6 heteroatoms. The molecule has 0 aliphatic carbocycles. The number of methoxy groups -OCH3 is 1. The summed E-state index contributed by atoms with van der Waals surface area (Å²) in [6.45, 7) is 1.83. The first-order valence-electron chi connectivity index (χ1n) is 8.72. The van der Waals surface area contributed by atoms with Gasteiger partial charge in [0, 0.05) is 0 Å². The average Bonchev–Trinajstić information content (AvgIpc) is 2.90. The number of carbonyl (C=O) groups is 2. The van der Waals surface area contributed by atoms with Crippen LogP contribution in [0.2, 0.25) is 0 Å². The number of nitrogens with one attached hydrogen (secondary N) is 1. The lowest BCUT2D eigenvalue weighted by Crippen LogP contribution is -2.44. The van der Waals surface area contributed by atoms with Crippen LogP contribution in [0.25, 0.3) is 0 Å². The molecule has 1 aliphatic rings. The van der Waals surface area contributed by atoms with E-state index in [-0.39, 0.29) is 12.5 Å². The molecule has 0 radical (unpaired) electrons. The molecule has 0 unspecified atom stereocenters. The van der Waals surface area contributed by atoms with Crippen LogP contribution in [0.15, 0.2) is 48.5 Å². The van der Waals surface area contributed by atoms with Crippen LogP contribution in [0.4, 0.5) is 4.79 Å². The molecule has 3 amide bonds. The van der Waals surface area contributed by atoms with E-state index in [4.69, 9.17) is 4.74 Å². The monoisotopic (exact) mass is 363 g/mol. The van der Waals surface area contributed by atoms with E-state index in [0.29, 0.717) is 24.0 Å². The van der Waals surface area contributed by atoms with Gasteiger partial charge >= 0.3 is 6.03 Å². The van der Waals surface area contributed by atoms with E-state index in [1.807, 2.05) is 24.3 Å². The van der Waals surface area contributed by atoms with Crippen LogP contribution in [0.5, 0.6) is 5.75 Å². The van der Waals surface area contributed by atoms with Gasteiger partial charge in [-0.2, -0.15) is 5.26 Å². The van der Waals surface area contributed by atoms with E-state index < -0.39 is 11.6 Å². The van der Waals surface area contributed by atoms with E-state index in [2.05, 4.69) is 11.4 Å². The van der Waals surface area contributed by atoms with Crippen molar-refractivity contribution in [2.45, 2.75) is 31.8 Å². The highest BCUT2D eigenvalue weighted by Gasteiger charge is 2.47. The Bertz CT molecular complexity index is 902. The summed E-state index contributed by atoms with van der Waals surface area (Å²) >= 11 is 0.